The number of nitrogens with two attached hydrogens (primary N) is 1. The van der Waals surface area contributed by atoms with Crippen LogP contribution in [0.1, 0.15) is 12.6 Å². The summed E-state index contributed by atoms with van der Waals surface area (Å²) in [5.41, 5.74) is 6.11. The van der Waals surface area contributed by atoms with E-state index in [0.717, 1.165) is 5.69 Å². The van der Waals surface area contributed by atoms with E-state index in [9.17, 15) is 0 Å². The lowest BCUT2D eigenvalue weighted by Crippen LogP contribution is -2.42. The van der Waals surface area contributed by atoms with E-state index < -0.39 is 5.54 Å². The van der Waals surface area contributed by atoms with Crippen molar-refractivity contribution in [3.63, 3.8) is 0 Å². The average Bonchev–Trinajstić information content (AvgIpc) is 2.35. The fourth-order valence-corrected chi connectivity index (χ4v) is 1.03. The maximum Gasteiger partial charge on any atom is 0.0643 e. The third-order valence-electron chi connectivity index (χ3n) is 1.72. The summed E-state index contributed by atoms with van der Waals surface area (Å²) in [5.74, 6) is 0. The summed E-state index contributed by atoms with van der Waals surface area (Å²) >= 11 is 0. The summed E-state index contributed by atoms with van der Waals surface area (Å²) in [6, 6.07) is 1.90. The van der Waals surface area contributed by atoms with Crippen molar-refractivity contribution in [3.8, 4) is 0 Å². The van der Waals surface area contributed by atoms with Crippen molar-refractivity contribution >= 4 is 0 Å². The molecule has 0 saturated heterocycles. The molecule has 0 saturated carbocycles. The largest absolute Gasteiger partial charge is 0.394 e. The van der Waals surface area contributed by atoms with Gasteiger partial charge in [-0.15, -0.1) is 0 Å². The highest BCUT2D eigenvalue weighted by atomic mass is 16.3. The molecule has 1 aromatic heterocycles. The van der Waals surface area contributed by atoms with Crippen LogP contribution in [0.4, 0.5) is 0 Å². The molecule has 1 unspecified atom stereocenters. The SMILES string of the molecule is Cn1ccc(CC(C)(N)CO)n1. The molecule has 0 amide bonds. The number of rotatable bonds is 3. The zero-order chi connectivity index (χ0) is 9.19. The maximum atomic E-state index is 8.90. The van der Waals surface area contributed by atoms with Crippen LogP contribution in [-0.4, -0.2) is 27.0 Å². The van der Waals surface area contributed by atoms with Crippen LogP contribution < -0.4 is 5.73 Å². The molecule has 4 nitrogen and oxygen atoms in total. The Labute approximate surface area is 72.0 Å². The van der Waals surface area contributed by atoms with Crippen molar-refractivity contribution in [1.29, 1.82) is 0 Å². The summed E-state index contributed by atoms with van der Waals surface area (Å²) in [6.45, 7) is 1.78. The van der Waals surface area contributed by atoms with Gasteiger partial charge in [0.05, 0.1) is 12.3 Å². The molecular formula is C8H15N3O. The molecule has 0 aromatic carbocycles. The Bertz CT molecular complexity index is 255. The van der Waals surface area contributed by atoms with Gasteiger partial charge in [0.1, 0.15) is 0 Å². The van der Waals surface area contributed by atoms with Gasteiger partial charge in [0.2, 0.25) is 0 Å². The lowest BCUT2D eigenvalue weighted by molar-refractivity contribution is 0.207. The van der Waals surface area contributed by atoms with Crippen molar-refractivity contribution in [2.45, 2.75) is 18.9 Å². The Morgan fingerprint density at radius 2 is 2.42 bits per heavy atom. The van der Waals surface area contributed by atoms with E-state index in [1.54, 1.807) is 4.68 Å². The van der Waals surface area contributed by atoms with Crippen LogP contribution in [0, 0.1) is 0 Å². The minimum Gasteiger partial charge on any atom is -0.394 e. The summed E-state index contributed by atoms with van der Waals surface area (Å²) in [4.78, 5) is 0. The number of nitrogens with zero attached hydrogens (tertiary/aromatic N) is 2. The van der Waals surface area contributed by atoms with E-state index in [1.807, 2.05) is 26.2 Å². The average molecular weight is 169 g/mol. The van der Waals surface area contributed by atoms with Gasteiger partial charge >= 0.3 is 0 Å². The summed E-state index contributed by atoms with van der Waals surface area (Å²) < 4.78 is 1.72. The number of aryl methyl sites for hydroxylation is 1. The fourth-order valence-electron chi connectivity index (χ4n) is 1.03. The molecule has 1 rings (SSSR count). The zero-order valence-corrected chi connectivity index (χ0v) is 7.49. The van der Waals surface area contributed by atoms with Crippen LogP contribution in [0.25, 0.3) is 0 Å². The first-order valence-electron chi connectivity index (χ1n) is 3.92. The van der Waals surface area contributed by atoms with Gasteiger partial charge in [0, 0.05) is 25.2 Å². The molecular weight excluding hydrogens is 154 g/mol. The number of aromatic nitrogens is 2. The molecule has 1 heterocycles. The normalized spacial score (nSPS) is 16.0. The van der Waals surface area contributed by atoms with Crippen molar-refractivity contribution < 1.29 is 5.11 Å². The van der Waals surface area contributed by atoms with Crippen molar-refractivity contribution in [2.24, 2.45) is 12.8 Å². The second-order valence-electron chi connectivity index (χ2n) is 3.47. The molecule has 1 aromatic rings. The number of hydrogen-bond donors (Lipinski definition) is 2. The van der Waals surface area contributed by atoms with Crippen LogP contribution in [0.2, 0.25) is 0 Å². The van der Waals surface area contributed by atoms with Gasteiger partial charge in [-0.05, 0) is 13.0 Å². The van der Waals surface area contributed by atoms with Crippen LogP contribution in [-0.2, 0) is 13.5 Å². The molecule has 0 bridgehead atoms. The van der Waals surface area contributed by atoms with E-state index in [0.29, 0.717) is 6.42 Å². The molecule has 0 aliphatic rings. The van der Waals surface area contributed by atoms with Gasteiger partial charge in [-0.1, -0.05) is 0 Å². The molecule has 68 valence electrons. The molecule has 0 spiro atoms. The second-order valence-corrected chi connectivity index (χ2v) is 3.47. The molecule has 4 heteroatoms. The lowest BCUT2D eigenvalue weighted by Gasteiger charge is -2.19. The molecule has 0 fully saturated rings. The Morgan fingerprint density at radius 3 is 2.83 bits per heavy atom. The van der Waals surface area contributed by atoms with Crippen LogP contribution in [0.3, 0.4) is 0 Å². The number of aliphatic hydroxyl groups is 1. The smallest absolute Gasteiger partial charge is 0.0643 e. The first kappa shape index (κ1) is 9.22. The van der Waals surface area contributed by atoms with Crippen molar-refractivity contribution in [2.75, 3.05) is 6.61 Å². The van der Waals surface area contributed by atoms with E-state index in [4.69, 9.17) is 10.8 Å². The number of hydrogen-bond acceptors (Lipinski definition) is 3. The van der Waals surface area contributed by atoms with E-state index in [2.05, 4.69) is 5.10 Å². The molecule has 0 aliphatic heterocycles. The molecule has 3 N–H and O–H groups in total. The lowest BCUT2D eigenvalue weighted by atomic mass is 9.99. The van der Waals surface area contributed by atoms with E-state index >= 15 is 0 Å². The minimum absolute atomic E-state index is 0.0242. The quantitative estimate of drug-likeness (QED) is 0.651. The van der Waals surface area contributed by atoms with Crippen molar-refractivity contribution in [3.05, 3.63) is 18.0 Å². The van der Waals surface area contributed by atoms with Crippen LogP contribution >= 0.6 is 0 Å². The third kappa shape index (κ3) is 2.32. The predicted molar refractivity (Wildman–Crippen MR) is 46.6 cm³/mol. The fraction of sp³-hybridized carbons (Fsp3) is 0.625. The highest BCUT2D eigenvalue weighted by molar-refractivity contribution is 5.04. The summed E-state index contributed by atoms with van der Waals surface area (Å²) in [7, 11) is 1.86. The Balaban J connectivity index is 2.63. The Kier molecular flexibility index (Phi) is 2.49. The first-order chi connectivity index (χ1) is 5.53. The monoisotopic (exact) mass is 169 g/mol. The molecule has 1 atom stereocenters. The highest BCUT2D eigenvalue weighted by Gasteiger charge is 2.18. The predicted octanol–water partition coefficient (Wildman–Crippen LogP) is -0.328. The van der Waals surface area contributed by atoms with Gasteiger partial charge in [-0.25, -0.2) is 0 Å². The first-order valence-corrected chi connectivity index (χ1v) is 3.92. The van der Waals surface area contributed by atoms with Gasteiger partial charge in [-0.2, -0.15) is 5.10 Å². The van der Waals surface area contributed by atoms with Gasteiger partial charge in [0.25, 0.3) is 0 Å². The minimum atomic E-state index is -0.561. The summed E-state index contributed by atoms with van der Waals surface area (Å²) in [6.07, 6.45) is 2.47. The van der Waals surface area contributed by atoms with E-state index in [1.165, 1.54) is 0 Å². The second kappa shape index (κ2) is 3.25. The molecule has 0 radical (unpaired) electrons. The third-order valence-corrected chi connectivity index (χ3v) is 1.72. The molecule has 12 heavy (non-hydrogen) atoms. The standard InChI is InChI=1S/C8H15N3O/c1-8(9,6-12)5-7-3-4-11(2)10-7/h3-4,12H,5-6,9H2,1-2H3. The van der Waals surface area contributed by atoms with Gasteiger partial charge in [-0.3, -0.25) is 4.68 Å². The maximum absolute atomic E-state index is 8.90. The topological polar surface area (TPSA) is 64.1 Å². The van der Waals surface area contributed by atoms with Crippen molar-refractivity contribution in [1.82, 2.24) is 9.78 Å². The van der Waals surface area contributed by atoms with Crippen LogP contribution in [0.5, 0.6) is 0 Å². The highest BCUT2D eigenvalue weighted by Crippen LogP contribution is 2.07. The van der Waals surface area contributed by atoms with Gasteiger partial charge < -0.3 is 10.8 Å². The Morgan fingerprint density at radius 1 is 1.75 bits per heavy atom. The van der Waals surface area contributed by atoms with Crippen LogP contribution in [0.15, 0.2) is 12.3 Å². The Hall–Kier alpha value is -0.870. The van der Waals surface area contributed by atoms with E-state index in [-0.39, 0.29) is 6.61 Å². The number of aliphatic hydroxyl groups excluding tert-OH is 1. The van der Waals surface area contributed by atoms with Gasteiger partial charge in [0.15, 0.2) is 0 Å². The zero-order valence-electron chi connectivity index (χ0n) is 7.49. The molecule has 0 aliphatic carbocycles. The summed E-state index contributed by atoms with van der Waals surface area (Å²) in [5, 5.41) is 13.1.